The molecule has 2 N–H and O–H groups in total. The van der Waals surface area contributed by atoms with Crippen LogP contribution in [0.3, 0.4) is 0 Å². The summed E-state index contributed by atoms with van der Waals surface area (Å²) in [6, 6.07) is 15.6. The van der Waals surface area contributed by atoms with Crippen molar-refractivity contribution in [3.05, 3.63) is 53.0 Å². The standard InChI is InChI=1S/C13H13BrN2O/c1-17-11-8-6-10(7-9-11)15-16-13-5-3-2-4-12(13)14/h2-9,15-16H,1H3. The summed E-state index contributed by atoms with van der Waals surface area (Å²) in [5.41, 5.74) is 8.21. The van der Waals surface area contributed by atoms with Gasteiger partial charge in [0.1, 0.15) is 5.75 Å². The third-order valence-corrected chi connectivity index (χ3v) is 3.00. The van der Waals surface area contributed by atoms with E-state index in [1.54, 1.807) is 7.11 Å². The van der Waals surface area contributed by atoms with Crippen molar-refractivity contribution < 1.29 is 4.74 Å². The van der Waals surface area contributed by atoms with Gasteiger partial charge in [-0.05, 0) is 52.3 Å². The zero-order chi connectivity index (χ0) is 12.1. The van der Waals surface area contributed by atoms with E-state index in [9.17, 15) is 0 Å². The van der Waals surface area contributed by atoms with Gasteiger partial charge < -0.3 is 10.2 Å². The summed E-state index contributed by atoms with van der Waals surface area (Å²) in [7, 11) is 1.65. The molecule has 3 nitrogen and oxygen atoms in total. The first-order valence-corrected chi connectivity index (χ1v) is 5.99. The number of ether oxygens (including phenoxy) is 1. The number of methoxy groups -OCH3 is 1. The molecule has 2 rings (SSSR count). The third-order valence-electron chi connectivity index (χ3n) is 2.31. The van der Waals surface area contributed by atoms with E-state index in [0.29, 0.717) is 0 Å². The summed E-state index contributed by atoms with van der Waals surface area (Å²) >= 11 is 3.47. The maximum Gasteiger partial charge on any atom is 0.119 e. The number of anilines is 2. The van der Waals surface area contributed by atoms with E-state index in [4.69, 9.17) is 4.74 Å². The van der Waals surface area contributed by atoms with Crippen molar-refractivity contribution in [1.82, 2.24) is 0 Å². The van der Waals surface area contributed by atoms with Gasteiger partial charge in [-0.15, -0.1) is 0 Å². The number of nitrogens with one attached hydrogen (secondary N) is 2. The Hall–Kier alpha value is -1.68. The zero-order valence-electron chi connectivity index (χ0n) is 9.41. The van der Waals surface area contributed by atoms with Gasteiger partial charge in [-0.3, -0.25) is 5.43 Å². The van der Waals surface area contributed by atoms with Gasteiger partial charge in [0, 0.05) is 4.47 Å². The van der Waals surface area contributed by atoms with Crippen molar-refractivity contribution in [3.63, 3.8) is 0 Å². The van der Waals surface area contributed by atoms with Gasteiger partial charge in [0.15, 0.2) is 0 Å². The quantitative estimate of drug-likeness (QED) is 0.839. The second kappa shape index (κ2) is 5.59. The number of hydrogen-bond acceptors (Lipinski definition) is 3. The Bertz CT molecular complexity index is 485. The molecule has 88 valence electrons. The Labute approximate surface area is 109 Å². The molecular weight excluding hydrogens is 280 g/mol. The SMILES string of the molecule is COc1ccc(NNc2ccccc2Br)cc1. The summed E-state index contributed by atoms with van der Waals surface area (Å²) in [6.07, 6.45) is 0. The molecule has 0 atom stereocenters. The lowest BCUT2D eigenvalue weighted by molar-refractivity contribution is 0.415. The van der Waals surface area contributed by atoms with E-state index in [1.165, 1.54) is 0 Å². The maximum absolute atomic E-state index is 5.10. The molecule has 0 amide bonds. The Balaban J connectivity index is 2.00. The molecule has 0 bridgehead atoms. The molecule has 17 heavy (non-hydrogen) atoms. The van der Waals surface area contributed by atoms with Gasteiger partial charge in [-0.1, -0.05) is 12.1 Å². The van der Waals surface area contributed by atoms with Crippen LogP contribution in [-0.2, 0) is 0 Å². The van der Waals surface area contributed by atoms with Gasteiger partial charge in [0.05, 0.1) is 18.5 Å². The smallest absolute Gasteiger partial charge is 0.119 e. The molecule has 4 heteroatoms. The predicted molar refractivity (Wildman–Crippen MR) is 74.4 cm³/mol. The van der Waals surface area contributed by atoms with Crippen LogP contribution < -0.4 is 15.6 Å². The molecule has 2 aromatic rings. The minimum absolute atomic E-state index is 0.844. The molecule has 0 saturated carbocycles. The average molecular weight is 293 g/mol. The molecule has 2 aromatic carbocycles. The Morgan fingerprint density at radius 1 is 0.941 bits per heavy atom. The number of halogens is 1. The molecule has 0 heterocycles. The first-order valence-electron chi connectivity index (χ1n) is 5.20. The van der Waals surface area contributed by atoms with Gasteiger partial charge in [0.2, 0.25) is 0 Å². The monoisotopic (exact) mass is 292 g/mol. The highest BCUT2D eigenvalue weighted by Crippen LogP contribution is 2.22. The van der Waals surface area contributed by atoms with Crippen molar-refractivity contribution in [1.29, 1.82) is 0 Å². The fraction of sp³-hybridized carbons (Fsp3) is 0.0769. The third kappa shape index (κ3) is 3.14. The van der Waals surface area contributed by atoms with Crippen LogP contribution in [-0.4, -0.2) is 7.11 Å². The summed E-state index contributed by atoms with van der Waals surface area (Å²) in [5, 5.41) is 0. The zero-order valence-corrected chi connectivity index (χ0v) is 11.0. The summed E-state index contributed by atoms with van der Waals surface area (Å²) in [4.78, 5) is 0. The van der Waals surface area contributed by atoms with Crippen LogP contribution in [0.25, 0.3) is 0 Å². The number of para-hydroxylation sites is 1. The molecular formula is C13H13BrN2O. The molecule has 0 aliphatic carbocycles. The number of benzene rings is 2. The van der Waals surface area contributed by atoms with Crippen LogP contribution in [0.1, 0.15) is 0 Å². The second-order valence-corrected chi connectivity index (χ2v) is 4.31. The highest BCUT2D eigenvalue weighted by atomic mass is 79.9. The number of rotatable bonds is 4. The van der Waals surface area contributed by atoms with Gasteiger partial charge >= 0.3 is 0 Å². The minimum atomic E-state index is 0.844. The highest BCUT2D eigenvalue weighted by molar-refractivity contribution is 9.10. The van der Waals surface area contributed by atoms with Crippen LogP contribution in [0, 0.1) is 0 Å². The van der Waals surface area contributed by atoms with E-state index >= 15 is 0 Å². The molecule has 0 aliphatic heterocycles. The molecule has 0 aromatic heterocycles. The molecule has 0 aliphatic rings. The molecule has 0 fully saturated rings. The van der Waals surface area contributed by atoms with Gasteiger partial charge in [0.25, 0.3) is 0 Å². The van der Waals surface area contributed by atoms with Crippen molar-refractivity contribution in [3.8, 4) is 5.75 Å². The average Bonchev–Trinajstić information content (AvgIpc) is 2.38. The van der Waals surface area contributed by atoms with E-state index in [2.05, 4.69) is 26.8 Å². The van der Waals surface area contributed by atoms with E-state index in [1.807, 2.05) is 48.5 Å². The topological polar surface area (TPSA) is 33.3 Å². The Morgan fingerprint density at radius 3 is 2.29 bits per heavy atom. The highest BCUT2D eigenvalue weighted by Gasteiger charge is 1.97. The maximum atomic E-state index is 5.10. The molecule has 0 spiro atoms. The summed E-state index contributed by atoms with van der Waals surface area (Å²) < 4.78 is 6.11. The lowest BCUT2D eigenvalue weighted by atomic mass is 10.3. The van der Waals surface area contributed by atoms with Crippen molar-refractivity contribution in [2.24, 2.45) is 0 Å². The molecule has 0 radical (unpaired) electrons. The van der Waals surface area contributed by atoms with Crippen molar-refractivity contribution in [2.75, 3.05) is 18.0 Å². The first-order chi connectivity index (χ1) is 8.29. The molecule has 0 unspecified atom stereocenters. The van der Waals surface area contributed by atoms with Crippen LogP contribution in [0.15, 0.2) is 53.0 Å². The number of hydrazine groups is 1. The first kappa shape index (κ1) is 11.8. The van der Waals surface area contributed by atoms with E-state index in [0.717, 1.165) is 21.6 Å². The lowest BCUT2D eigenvalue weighted by Crippen LogP contribution is -2.08. The Morgan fingerprint density at radius 2 is 1.65 bits per heavy atom. The number of hydrogen-bond donors (Lipinski definition) is 2. The van der Waals surface area contributed by atoms with E-state index < -0.39 is 0 Å². The Kier molecular flexibility index (Phi) is 3.88. The van der Waals surface area contributed by atoms with Gasteiger partial charge in [-0.2, -0.15) is 0 Å². The van der Waals surface area contributed by atoms with Crippen LogP contribution in [0.5, 0.6) is 5.75 Å². The summed E-state index contributed by atoms with van der Waals surface area (Å²) in [5.74, 6) is 0.844. The normalized spacial score (nSPS) is 9.76. The minimum Gasteiger partial charge on any atom is -0.497 e. The van der Waals surface area contributed by atoms with Crippen molar-refractivity contribution in [2.45, 2.75) is 0 Å². The fourth-order valence-corrected chi connectivity index (χ4v) is 1.76. The molecule has 0 saturated heterocycles. The van der Waals surface area contributed by atoms with E-state index in [-0.39, 0.29) is 0 Å². The predicted octanol–water partition coefficient (Wildman–Crippen LogP) is 3.90. The largest absolute Gasteiger partial charge is 0.497 e. The second-order valence-electron chi connectivity index (χ2n) is 3.46. The fourth-order valence-electron chi connectivity index (χ4n) is 1.38. The van der Waals surface area contributed by atoms with Crippen LogP contribution in [0.4, 0.5) is 11.4 Å². The van der Waals surface area contributed by atoms with Gasteiger partial charge in [-0.25, -0.2) is 0 Å². The van der Waals surface area contributed by atoms with Crippen LogP contribution in [0.2, 0.25) is 0 Å². The lowest BCUT2D eigenvalue weighted by Gasteiger charge is -2.11. The van der Waals surface area contributed by atoms with Crippen LogP contribution >= 0.6 is 15.9 Å². The van der Waals surface area contributed by atoms with Crippen molar-refractivity contribution >= 4 is 27.3 Å². The summed E-state index contributed by atoms with van der Waals surface area (Å²) in [6.45, 7) is 0.